The first-order chi connectivity index (χ1) is 10.1. The summed E-state index contributed by atoms with van der Waals surface area (Å²) in [5.41, 5.74) is 4.60. The lowest BCUT2D eigenvalue weighted by molar-refractivity contribution is 0.425. The highest BCUT2D eigenvalue weighted by Gasteiger charge is 2.27. The molecule has 1 aliphatic heterocycles. The summed E-state index contributed by atoms with van der Waals surface area (Å²) < 4.78 is 2.18. The Hall–Kier alpha value is -2.18. The molecule has 6 heteroatoms. The second-order valence-electron chi connectivity index (χ2n) is 5.46. The van der Waals surface area contributed by atoms with Gasteiger partial charge in [0.25, 0.3) is 0 Å². The maximum atomic E-state index is 9.35. The number of fused-ring (bicyclic) bond motifs is 4. The Labute approximate surface area is 122 Å². The number of aromatic nitrogens is 3. The third-order valence-corrected chi connectivity index (χ3v) is 4.20. The minimum Gasteiger partial charge on any atom is -0.423 e. The van der Waals surface area contributed by atoms with Crippen molar-refractivity contribution in [2.24, 2.45) is 0 Å². The van der Waals surface area contributed by atoms with Crippen molar-refractivity contribution in [1.29, 1.82) is 0 Å². The molecule has 1 unspecified atom stereocenters. The molecule has 0 bridgehead atoms. The van der Waals surface area contributed by atoms with Crippen LogP contribution in [0.2, 0.25) is 0 Å². The predicted octanol–water partition coefficient (Wildman–Crippen LogP) is 0.625. The standard InChI is InChI=1S/C15H14BN3O2/c1-9-12-7-11(16(20)21)5-4-10(12)8-19-13-3-2-6-17-14(13)18-15(9)19/h2-7,9,20-21H,8H2,1H3. The highest BCUT2D eigenvalue weighted by Crippen LogP contribution is 2.33. The molecule has 104 valence electrons. The van der Waals surface area contributed by atoms with E-state index < -0.39 is 7.12 Å². The van der Waals surface area contributed by atoms with Crippen LogP contribution in [-0.2, 0) is 6.54 Å². The molecule has 1 atom stereocenters. The molecule has 3 heterocycles. The average Bonchev–Trinajstić information content (AvgIpc) is 2.86. The van der Waals surface area contributed by atoms with Crippen molar-refractivity contribution in [2.45, 2.75) is 19.4 Å². The summed E-state index contributed by atoms with van der Waals surface area (Å²) in [4.78, 5) is 8.95. The number of hydrogen-bond acceptors (Lipinski definition) is 4. The minimum absolute atomic E-state index is 0.0987. The molecular weight excluding hydrogens is 265 g/mol. The van der Waals surface area contributed by atoms with E-state index in [9.17, 15) is 10.0 Å². The zero-order chi connectivity index (χ0) is 14.6. The van der Waals surface area contributed by atoms with Gasteiger partial charge in [0.05, 0.1) is 5.52 Å². The van der Waals surface area contributed by atoms with Gasteiger partial charge in [0.2, 0.25) is 0 Å². The molecule has 0 saturated heterocycles. The third-order valence-electron chi connectivity index (χ3n) is 4.20. The molecule has 3 aromatic rings. The Kier molecular flexibility index (Phi) is 2.64. The summed E-state index contributed by atoms with van der Waals surface area (Å²) in [6.07, 6.45) is 1.75. The van der Waals surface area contributed by atoms with Gasteiger partial charge in [-0.1, -0.05) is 25.1 Å². The van der Waals surface area contributed by atoms with Crippen molar-refractivity contribution >= 4 is 23.7 Å². The Morgan fingerprint density at radius 1 is 1.29 bits per heavy atom. The Morgan fingerprint density at radius 2 is 2.14 bits per heavy atom. The number of benzene rings is 1. The second-order valence-corrected chi connectivity index (χ2v) is 5.46. The molecular formula is C15H14BN3O2. The molecule has 4 rings (SSSR count). The average molecular weight is 279 g/mol. The zero-order valence-electron chi connectivity index (χ0n) is 11.6. The van der Waals surface area contributed by atoms with Crippen molar-refractivity contribution in [3.05, 3.63) is 53.5 Å². The van der Waals surface area contributed by atoms with Crippen LogP contribution in [0.5, 0.6) is 0 Å². The molecule has 2 N–H and O–H groups in total. The quantitative estimate of drug-likeness (QED) is 0.641. The van der Waals surface area contributed by atoms with Crippen molar-refractivity contribution < 1.29 is 10.0 Å². The van der Waals surface area contributed by atoms with Crippen LogP contribution in [0.15, 0.2) is 36.5 Å². The van der Waals surface area contributed by atoms with Crippen LogP contribution in [0.3, 0.4) is 0 Å². The van der Waals surface area contributed by atoms with Gasteiger partial charge in [-0.05, 0) is 28.7 Å². The van der Waals surface area contributed by atoms with E-state index in [2.05, 4.69) is 21.5 Å². The van der Waals surface area contributed by atoms with Gasteiger partial charge in [-0.25, -0.2) is 9.97 Å². The van der Waals surface area contributed by atoms with Gasteiger partial charge in [0.15, 0.2) is 5.65 Å². The molecule has 2 aromatic heterocycles. The van der Waals surface area contributed by atoms with Crippen LogP contribution >= 0.6 is 0 Å². The monoisotopic (exact) mass is 279 g/mol. The third kappa shape index (κ3) is 1.80. The van der Waals surface area contributed by atoms with Crippen molar-refractivity contribution in [1.82, 2.24) is 14.5 Å². The lowest BCUT2D eigenvalue weighted by Gasteiger charge is -2.25. The highest BCUT2D eigenvalue weighted by atomic mass is 16.4. The second kappa shape index (κ2) is 4.41. The van der Waals surface area contributed by atoms with E-state index in [1.807, 2.05) is 24.3 Å². The van der Waals surface area contributed by atoms with Crippen LogP contribution in [0.25, 0.3) is 11.2 Å². The van der Waals surface area contributed by atoms with E-state index in [0.29, 0.717) is 5.46 Å². The largest absolute Gasteiger partial charge is 0.488 e. The van der Waals surface area contributed by atoms with E-state index in [1.165, 1.54) is 5.56 Å². The van der Waals surface area contributed by atoms with Crippen molar-refractivity contribution in [3.8, 4) is 0 Å². The van der Waals surface area contributed by atoms with E-state index in [1.54, 1.807) is 12.3 Å². The molecule has 1 aromatic carbocycles. The van der Waals surface area contributed by atoms with Gasteiger partial charge in [-0.2, -0.15) is 0 Å². The highest BCUT2D eigenvalue weighted by molar-refractivity contribution is 6.58. The van der Waals surface area contributed by atoms with Gasteiger partial charge in [-0.3, -0.25) is 0 Å². The summed E-state index contributed by atoms with van der Waals surface area (Å²) in [7, 11) is -1.44. The molecule has 0 aliphatic carbocycles. The summed E-state index contributed by atoms with van der Waals surface area (Å²) in [5.74, 6) is 1.07. The molecule has 0 saturated carbocycles. The number of pyridine rings is 1. The molecule has 0 amide bonds. The molecule has 0 radical (unpaired) electrons. The molecule has 21 heavy (non-hydrogen) atoms. The van der Waals surface area contributed by atoms with E-state index in [4.69, 9.17) is 0 Å². The SMILES string of the molecule is CC1c2cc(B(O)O)ccc2Cn2c1nc1ncccc12. The van der Waals surface area contributed by atoms with Crippen molar-refractivity contribution in [2.75, 3.05) is 0 Å². The molecule has 0 spiro atoms. The van der Waals surface area contributed by atoms with Crippen LogP contribution in [0.1, 0.15) is 29.8 Å². The Balaban J connectivity index is 1.91. The maximum absolute atomic E-state index is 9.35. The van der Waals surface area contributed by atoms with Crippen LogP contribution in [0, 0.1) is 0 Å². The van der Waals surface area contributed by atoms with Gasteiger partial charge in [0.1, 0.15) is 5.82 Å². The first kappa shape index (κ1) is 12.6. The molecule has 5 nitrogen and oxygen atoms in total. The summed E-state index contributed by atoms with van der Waals surface area (Å²) in [6, 6.07) is 9.54. The molecule has 1 aliphatic rings. The Morgan fingerprint density at radius 3 is 2.95 bits per heavy atom. The Bertz CT molecular complexity index is 844. The van der Waals surface area contributed by atoms with E-state index >= 15 is 0 Å². The smallest absolute Gasteiger partial charge is 0.423 e. The van der Waals surface area contributed by atoms with Gasteiger partial charge >= 0.3 is 7.12 Å². The normalized spacial score (nSPS) is 16.6. The van der Waals surface area contributed by atoms with E-state index in [0.717, 1.165) is 29.1 Å². The van der Waals surface area contributed by atoms with E-state index in [-0.39, 0.29) is 5.92 Å². The minimum atomic E-state index is -1.44. The number of hydrogen-bond donors (Lipinski definition) is 2. The fourth-order valence-corrected chi connectivity index (χ4v) is 3.10. The van der Waals surface area contributed by atoms with Crippen LogP contribution in [-0.4, -0.2) is 31.7 Å². The first-order valence-corrected chi connectivity index (χ1v) is 6.95. The summed E-state index contributed by atoms with van der Waals surface area (Å²) >= 11 is 0. The van der Waals surface area contributed by atoms with Crippen molar-refractivity contribution in [3.63, 3.8) is 0 Å². The first-order valence-electron chi connectivity index (χ1n) is 6.95. The number of rotatable bonds is 1. The van der Waals surface area contributed by atoms with Gasteiger partial charge < -0.3 is 14.6 Å². The fraction of sp³-hybridized carbons (Fsp3) is 0.200. The molecule has 0 fully saturated rings. The number of imidazole rings is 1. The maximum Gasteiger partial charge on any atom is 0.488 e. The van der Waals surface area contributed by atoms with Gasteiger partial charge in [0, 0.05) is 18.7 Å². The lowest BCUT2D eigenvalue weighted by atomic mass is 9.77. The lowest BCUT2D eigenvalue weighted by Crippen LogP contribution is -2.31. The number of nitrogens with zero attached hydrogens (tertiary/aromatic N) is 3. The van der Waals surface area contributed by atoms with Gasteiger partial charge in [-0.15, -0.1) is 0 Å². The summed E-state index contributed by atoms with van der Waals surface area (Å²) in [5, 5.41) is 18.7. The van der Waals surface area contributed by atoms with Crippen LogP contribution < -0.4 is 5.46 Å². The predicted molar refractivity (Wildman–Crippen MR) is 80.4 cm³/mol. The topological polar surface area (TPSA) is 71.2 Å². The fourth-order valence-electron chi connectivity index (χ4n) is 3.10. The summed E-state index contributed by atoms with van der Waals surface area (Å²) in [6.45, 7) is 2.82. The van der Waals surface area contributed by atoms with Crippen LogP contribution in [0.4, 0.5) is 0 Å². The zero-order valence-corrected chi connectivity index (χ0v) is 11.6.